The third kappa shape index (κ3) is 3.09. The van der Waals surface area contributed by atoms with Crippen molar-refractivity contribution < 1.29 is 17.9 Å². The van der Waals surface area contributed by atoms with Gasteiger partial charge in [-0.15, -0.1) is 0 Å². The Hall–Kier alpha value is -2.26. The molecule has 2 aromatic rings. The van der Waals surface area contributed by atoms with Gasteiger partial charge in [0, 0.05) is 5.02 Å². The SMILES string of the molecule is COC(=O)c1ccc(Cl)cc1NS(=O)(=O)c1cn[nH]c1N. The number of hydrogen-bond donors (Lipinski definition) is 3. The van der Waals surface area contributed by atoms with Crippen LogP contribution < -0.4 is 10.5 Å². The van der Waals surface area contributed by atoms with E-state index >= 15 is 0 Å². The first kappa shape index (κ1) is 15.1. The van der Waals surface area contributed by atoms with E-state index in [-0.39, 0.29) is 27.0 Å². The van der Waals surface area contributed by atoms with E-state index in [1.54, 1.807) is 0 Å². The minimum Gasteiger partial charge on any atom is -0.465 e. The molecule has 1 aromatic heterocycles. The molecule has 4 N–H and O–H groups in total. The molecule has 0 saturated heterocycles. The monoisotopic (exact) mass is 330 g/mol. The second-order valence-corrected chi connectivity index (χ2v) is 6.02. The van der Waals surface area contributed by atoms with Crippen molar-refractivity contribution in [3.63, 3.8) is 0 Å². The zero-order chi connectivity index (χ0) is 15.6. The van der Waals surface area contributed by atoms with E-state index in [4.69, 9.17) is 17.3 Å². The van der Waals surface area contributed by atoms with E-state index < -0.39 is 16.0 Å². The number of carbonyl (C=O) groups is 1. The van der Waals surface area contributed by atoms with E-state index in [9.17, 15) is 13.2 Å². The minimum atomic E-state index is -4.02. The summed E-state index contributed by atoms with van der Waals surface area (Å²) in [6.07, 6.45) is 1.06. The first-order valence-corrected chi connectivity index (χ1v) is 7.41. The lowest BCUT2D eigenvalue weighted by Gasteiger charge is -2.11. The number of aromatic nitrogens is 2. The van der Waals surface area contributed by atoms with Crippen LogP contribution in [-0.4, -0.2) is 31.7 Å². The van der Waals surface area contributed by atoms with E-state index in [1.807, 2.05) is 0 Å². The standard InChI is InChI=1S/C11H11ClN4O4S/c1-20-11(17)7-3-2-6(12)4-8(7)16-21(18,19)9-5-14-15-10(9)13/h2-5,16H,1H3,(H3,13,14,15). The Morgan fingerprint density at radius 2 is 2.19 bits per heavy atom. The summed E-state index contributed by atoms with van der Waals surface area (Å²) < 4.78 is 31.2. The number of anilines is 2. The van der Waals surface area contributed by atoms with Crippen LogP contribution in [0.3, 0.4) is 0 Å². The van der Waals surface area contributed by atoms with E-state index in [2.05, 4.69) is 19.7 Å². The molecule has 10 heteroatoms. The number of carbonyl (C=O) groups excluding carboxylic acids is 1. The van der Waals surface area contributed by atoms with Crippen molar-refractivity contribution in [3.8, 4) is 0 Å². The summed E-state index contributed by atoms with van der Waals surface area (Å²) in [7, 11) is -2.83. The molecule has 0 unspecified atom stereocenters. The molecule has 0 bridgehead atoms. The molecule has 2 rings (SSSR count). The predicted octanol–water partition coefficient (Wildman–Crippen LogP) is 1.23. The van der Waals surface area contributed by atoms with Crippen molar-refractivity contribution in [2.45, 2.75) is 4.90 Å². The van der Waals surface area contributed by atoms with Crippen LogP contribution in [0.5, 0.6) is 0 Å². The Labute approximate surface area is 125 Å². The van der Waals surface area contributed by atoms with Gasteiger partial charge in [-0.2, -0.15) is 5.10 Å². The van der Waals surface area contributed by atoms with Crippen molar-refractivity contribution >= 4 is 39.1 Å². The van der Waals surface area contributed by atoms with Crippen LogP contribution in [0.2, 0.25) is 5.02 Å². The largest absolute Gasteiger partial charge is 0.465 e. The molecular formula is C11H11ClN4O4S. The number of nitrogens with one attached hydrogen (secondary N) is 2. The molecule has 0 saturated carbocycles. The van der Waals surface area contributed by atoms with Gasteiger partial charge in [0.2, 0.25) is 0 Å². The number of H-pyrrole nitrogens is 1. The van der Waals surface area contributed by atoms with Crippen LogP contribution in [0.15, 0.2) is 29.3 Å². The molecule has 0 spiro atoms. The van der Waals surface area contributed by atoms with Crippen LogP contribution >= 0.6 is 11.6 Å². The fourth-order valence-corrected chi connectivity index (χ4v) is 2.85. The molecule has 0 amide bonds. The maximum atomic E-state index is 12.2. The lowest BCUT2D eigenvalue weighted by molar-refractivity contribution is 0.0602. The summed E-state index contributed by atoms with van der Waals surface area (Å²) in [5, 5.41) is 6.10. The van der Waals surface area contributed by atoms with Crippen LogP contribution in [-0.2, 0) is 14.8 Å². The number of esters is 1. The topological polar surface area (TPSA) is 127 Å². The van der Waals surface area contributed by atoms with Gasteiger partial charge in [0.1, 0.15) is 10.7 Å². The first-order valence-electron chi connectivity index (χ1n) is 5.54. The molecule has 1 heterocycles. The first-order chi connectivity index (χ1) is 9.85. The van der Waals surface area contributed by atoms with Gasteiger partial charge in [0.25, 0.3) is 10.0 Å². The number of sulfonamides is 1. The maximum absolute atomic E-state index is 12.2. The van der Waals surface area contributed by atoms with E-state index in [1.165, 1.54) is 25.3 Å². The Balaban J connectivity index is 2.46. The summed E-state index contributed by atoms with van der Waals surface area (Å²) in [6.45, 7) is 0. The number of aromatic amines is 1. The summed E-state index contributed by atoms with van der Waals surface area (Å²) in [4.78, 5) is 11.4. The normalized spacial score (nSPS) is 11.1. The van der Waals surface area contributed by atoms with Gasteiger partial charge >= 0.3 is 5.97 Å². The Bertz CT molecular complexity index is 787. The number of benzene rings is 1. The molecule has 0 fully saturated rings. The molecule has 0 atom stereocenters. The number of nitrogen functional groups attached to an aromatic ring is 1. The summed E-state index contributed by atoms with van der Waals surface area (Å²) in [5.41, 5.74) is 5.48. The van der Waals surface area contributed by atoms with Gasteiger partial charge in [-0.1, -0.05) is 11.6 Å². The van der Waals surface area contributed by atoms with Crippen molar-refractivity contribution in [2.75, 3.05) is 17.6 Å². The van der Waals surface area contributed by atoms with Crippen molar-refractivity contribution in [2.24, 2.45) is 0 Å². The van der Waals surface area contributed by atoms with Gasteiger partial charge in [0.05, 0.1) is 24.6 Å². The number of rotatable bonds is 4. The highest BCUT2D eigenvalue weighted by atomic mass is 35.5. The van der Waals surface area contributed by atoms with Crippen LogP contribution in [0, 0.1) is 0 Å². The van der Waals surface area contributed by atoms with E-state index in [0.717, 1.165) is 6.20 Å². The smallest absolute Gasteiger partial charge is 0.339 e. The Morgan fingerprint density at radius 3 is 2.76 bits per heavy atom. The Morgan fingerprint density at radius 1 is 1.48 bits per heavy atom. The highest BCUT2D eigenvalue weighted by molar-refractivity contribution is 7.92. The lowest BCUT2D eigenvalue weighted by Crippen LogP contribution is -2.16. The highest BCUT2D eigenvalue weighted by Crippen LogP contribution is 2.25. The maximum Gasteiger partial charge on any atom is 0.339 e. The number of halogens is 1. The average Bonchev–Trinajstić information content (AvgIpc) is 2.85. The third-order valence-corrected chi connectivity index (χ3v) is 4.18. The molecule has 0 aliphatic heterocycles. The number of nitrogens with two attached hydrogens (primary N) is 1. The van der Waals surface area contributed by atoms with Gasteiger partial charge in [-0.3, -0.25) is 9.82 Å². The predicted molar refractivity (Wildman–Crippen MR) is 76.6 cm³/mol. The van der Waals surface area contributed by atoms with Crippen LogP contribution in [0.25, 0.3) is 0 Å². The fraction of sp³-hybridized carbons (Fsp3) is 0.0909. The molecule has 8 nitrogen and oxygen atoms in total. The minimum absolute atomic E-state index is 0.0186. The zero-order valence-corrected chi connectivity index (χ0v) is 12.3. The summed E-state index contributed by atoms with van der Waals surface area (Å²) in [6, 6.07) is 4.09. The lowest BCUT2D eigenvalue weighted by atomic mass is 10.2. The van der Waals surface area contributed by atoms with Crippen LogP contribution in [0.4, 0.5) is 11.5 Å². The second-order valence-electron chi connectivity index (χ2n) is 3.93. The van der Waals surface area contributed by atoms with Crippen LogP contribution in [0.1, 0.15) is 10.4 Å². The molecule has 112 valence electrons. The van der Waals surface area contributed by atoms with Crippen molar-refractivity contribution in [3.05, 3.63) is 35.0 Å². The van der Waals surface area contributed by atoms with Gasteiger partial charge in [-0.25, -0.2) is 13.2 Å². The molecule has 0 aliphatic carbocycles. The fourth-order valence-electron chi connectivity index (χ4n) is 1.59. The van der Waals surface area contributed by atoms with Gasteiger partial charge in [0.15, 0.2) is 0 Å². The van der Waals surface area contributed by atoms with Crippen molar-refractivity contribution in [1.29, 1.82) is 0 Å². The molecule has 0 radical (unpaired) electrons. The Kier molecular flexibility index (Phi) is 4.05. The highest BCUT2D eigenvalue weighted by Gasteiger charge is 2.22. The number of ether oxygens (including phenoxy) is 1. The van der Waals surface area contributed by atoms with Gasteiger partial charge < -0.3 is 10.5 Å². The second kappa shape index (κ2) is 5.62. The van der Waals surface area contributed by atoms with E-state index in [0.29, 0.717) is 0 Å². The number of hydrogen-bond acceptors (Lipinski definition) is 6. The molecule has 1 aromatic carbocycles. The molecule has 0 aliphatic rings. The number of methoxy groups -OCH3 is 1. The summed E-state index contributed by atoms with van der Waals surface area (Å²) in [5.74, 6) is -0.825. The summed E-state index contributed by atoms with van der Waals surface area (Å²) >= 11 is 5.82. The third-order valence-electron chi connectivity index (χ3n) is 2.55. The molecular weight excluding hydrogens is 320 g/mol. The number of nitrogens with zero attached hydrogens (tertiary/aromatic N) is 1. The zero-order valence-electron chi connectivity index (χ0n) is 10.8. The van der Waals surface area contributed by atoms with Gasteiger partial charge in [-0.05, 0) is 18.2 Å². The average molecular weight is 331 g/mol. The quantitative estimate of drug-likeness (QED) is 0.723. The van der Waals surface area contributed by atoms with Crippen molar-refractivity contribution in [1.82, 2.24) is 10.2 Å². The molecule has 21 heavy (non-hydrogen) atoms.